The van der Waals surface area contributed by atoms with Crippen molar-refractivity contribution in [2.24, 2.45) is 5.92 Å². The molecule has 2 N–H and O–H groups in total. The van der Waals surface area contributed by atoms with Crippen molar-refractivity contribution in [1.29, 1.82) is 5.26 Å². The number of nitrogens with zero attached hydrogens (tertiary/aromatic N) is 1. The van der Waals surface area contributed by atoms with E-state index in [0.29, 0.717) is 11.1 Å². The van der Waals surface area contributed by atoms with E-state index in [1.165, 1.54) is 12.5 Å². The first kappa shape index (κ1) is 14.4. The number of phenols is 1. The molecule has 4 heteroatoms. The Kier molecular flexibility index (Phi) is 4.62. The number of amides is 1. The Labute approximate surface area is 119 Å². The standard InChI is InChI=1S/C16H20N2O2/c1-11-9-13(19)7-8-14(11)16(20)18-15(10-17)12-5-3-2-4-6-12/h7-9,12,15,19H,2-6H2,1H3,(H,18,20). The van der Waals surface area contributed by atoms with Crippen molar-refractivity contribution in [2.45, 2.75) is 45.1 Å². The van der Waals surface area contributed by atoms with Gasteiger partial charge in [-0.2, -0.15) is 5.26 Å². The van der Waals surface area contributed by atoms with Gasteiger partial charge in [0, 0.05) is 5.56 Å². The minimum Gasteiger partial charge on any atom is -0.508 e. The van der Waals surface area contributed by atoms with Crippen molar-refractivity contribution in [3.63, 3.8) is 0 Å². The molecule has 20 heavy (non-hydrogen) atoms. The summed E-state index contributed by atoms with van der Waals surface area (Å²) in [6.45, 7) is 1.77. The Bertz CT molecular complexity index is 528. The topological polar surface area (TPSA) is 73.1 Å². The first-order valence-corrected chi connectivity index (χ1v) is 7.12. The van der Waals surface area contributed by atoms with Crippen LogP contribution in [-0.2, 0) is 0 Å². The van der Waals surface area contributed by atoms with Crippen LogP contribution in [-0.4, -0.2) is 17.1 Å². The number of benzene rings is 1. The molecule has 1 atom stereocenters. The molecule has 106 valence electrons. The summed E-state index contributed by atoms with van der Waals surface area (Å²) in [6, 6.07) is 6.44. The summed E-state index contributed by atoms with van der Waals surface area (Å²) in [6.07, 6.45) is 5.51. The van der Waals surface area contributed by atoms with Crippen molar-refractivity contribution >= 4 is 5.91 Å². The SMILES string of the molecule is Cc1cc(O)ccc1C(=O)NC(C#N)C1CCCCC1. The highest BCUT2D eigenvalue weighted by molar-refractivity contribution is 5.96. The second kappa shape index (κ2) is 6.42. The molecule has 1 saturated carbocycles. The molecule has 1 amide bonds. The Morgan fingerprint density at radius 2 is 2.10 bits per heavy atom. The number of hydrogen-bond acceptors (Lipinski definition) is 3. The van der Waals surface area contributed by atoms with Crippen LogP contribution in [0.5, 0.6) is 5.75 Å². The first-order chi connectivity index (χ1) is 9.61. The monoisotopic (exact) mass is 272 g/mol. The van der Waals surface area contributed by atoms with Crippen molar-refractivity contribution in [3.05, 3.63) is 29.3 Å². The molecular weight excluding hydrogens is 252 g/mol. The smallest absolute Gasteiger partial charge is 0.252 e. The van der Waals surface area contributed by atoms with Gasteiger partial charge in [0.15, 0.2) is 0 Å². The number of aryl methyl sites for hydroxylation is 1. The van der Waals surface area contributed by atoms with Gasteiger partial charge in [-0.3, -0.25) is 4.79 Å². The average molecular weight is 272 g/mol. The maximum Gasteiger partial charge on any atom is 0.252 e. The van der Waals surface area contributed by atoms with Gasteiger partial charge >= 0.3 is 0 Å². The number of nitriles is 1. The molecule has 0 radical (unpaired) electrons. The maximum atomic E-state index is 12.2. The molecule has 1 aliphatic carbocycles. The number of nitrogens with one attached hydrogen (secondary N) is 1. The predicted octanol–water partition coefficient (Wildman–Crippen LogP) is 2.90. The van der Waals surface area contributed by atoms with Gasteiger partial charge in [-0.25, -0.2) is 0 Å². The Morgan fingerprint density at radius 1 is 1.40 bits per heavy atom. The molecule has 0 heterocycles. The maximum absolute atomic E-state index is 12.2. The average Bonchev–Trinajstić information content (AvgIpc) is 2.45. The number of carbonyl (C=O) groups is 1. The van der Waals surface area contributed by atoms with Crippen LogP contribution in [0.1, 0.15) is 48.0 Å². The van der Waals surface area contributed by atoms with Crippen LogP contribution in [0.15, 0.2) is 18.2 Å². The van der Waals surface area contributed by atoms with Crippen LogP contribution in [0, 0.1) is 24.2 Å². The Hall–Kier alpha value is -2.02. The second-order valence-electron chi connectivity index (χ2n) is 5.48. The summed E-state index contributed by atoms with van der Waals surface area (Å²) in [5.41, 5.74) is 1.22. The number of phenolic OH excluding ortho intramolecular Hbond substituents is 1. The summed E-state index contributed by atoms with van der Waals surface area (Å²) in [5, 5.41) is 21.5. The van der Waals surface area contributed by atoms with Gasteiger partial charge in [-0.1, -0.05) is 19.3 Å². The summed E-state index contributed by atoms with van der Waals surface area (Å²) >= 11 is 0. The lowest BCUT2D eigenvalue weighted by Crippen LogP contribution is -2.40. The molecule has 0 aliphatic heterocycles. The van der Waals surface area contributed by atoms with E-state index in [2.05, 4.69) is 11.4 Å². The quantitative estimate of drug-likeness (QED) is 0.888. The lowest BCUT2D eigenvalue weighted by Gasteiger charge is -2.26. The van der Waals surface area contributed by atoms with Gasteiger partial charge in [0.1, 0.15) is 11.8 Å². The molecule has 0 bridgehead atoms. The Balaban J connectivity index is 2.07. The molecular formula is C16H20N2O2. The molecule has 0 spiro atoms. The third-order valence-corrected chi connectivity index (χ3v) is 4.00. The normalized spacial score (nSPS) is 17.2. The van der Waals surface area contributed by atoms with Gasteiger partial charge in [-0.15, -0.1) is 0 Å². The molecule has 1 aromatic rings. The molecule has 1 fully saturated rings. The molecule has 1 aliphatic rings. The highest BCUT2D eigenvalue weighted by atomic mass is 16.3. The summed E-state index contributed by atoms with van der Waals surface area (Å²) < 4.78 is 0. The molecule has 1 unspecified atom stereocenters. The van der Waals surface area contributed by atoms with E-state index in [1.54, 1.807) is 19.1 Å². The fourth-order valence-electron chi connectivity index (χ4n) is 2.84. The molecule has 4 nitrogen and oxygen atoms in total. The van der Waals surface area contributed by atoms with Crippen molar-refractivity contribution in [3.8, 4) is 11.8 Å². The first-order valence-electron chi connectivity index (χ1n) is 7.12. The lowest BCUT2D eigenvalue weighted by molar-refractivity contribution is 0.0928. The summed E-state index contributed by atoms with van der Waals surface area (Å²) in [5.74, 6) is 0.165. The van der Waals surface area contributed by atoms with Crippen molar-refractivity contribution < 1.29 is 9.90 Å². The van der Waals surface area contributed by atoms with E-state index in [-0.39, 0.29) is 17.6 Å². The van der Waals surface area contributed by atoms with E-state index in [9.17, 15) is 15.2 Å². The van der Waals surface area contributed by atoms with E-state index < -0.39 is 6.04 Å². The predicted molar refractivity (Wildman–Crippen MR) is 76.3 cm³/mol. The van der Waals surface area contributed by atoms with Crippen LogP contribution < -0.4 is 5.32 Å². The van der Waals surface area contributed by atoms with Gasteiger partial charge in [-0.05, 0) is 49.4 Å². The zero-order chi connectivity index (χ0) is 14.5. The fraction of sp³-hybridized carbons (Fsp3) is 0.500. The minimum absolute atomic E-state index is 0.142. The van der Waals surface area contributed by atoms with Gasteiger partial charge < -0.3 is 10.4 Å². The molecule has 2 rings (SSSR count). The van der Waals surface area contributed by atoms with Gasteiger partial charge in [0.25, 0.3) is 5.91 Å². The lowest BCUT2D eigenvalue weighted by atomic mass is 9.84. The number of aromatic hydroxyl groups is 1. The zero-order valence-corrected chi connectivity index (χ0v) is 11.7. The number of hydrogen-bond donors (Lipinski definition) is 2. The van der Waals surface area contributed by atoms with Gasteiger partial charge in [0.05, 0.1) is 6.07 Å². The molecule has 1 aromatic carbocycles. The van der Waals surface area contributed by atoms with E-state index in [0.717, 1.165) is 25.7 Å². The third-order valence-electron chi connectivity index (χ3n) is 4.00. The second-order valence-corrected chi connectivity index (χ2v) is 5.48. The van der Waals surface area contributed by atoms with Gasteiger partial charge in [0.2, 0.25) is 0 Å². The van der Waals surface area contributed by atoms with E-state index in [4.69, 9.17) is 0 Å². The highest BCUT2D eigenvalue weighted by Crippen LogP contribution is 2.26. The third kappa shape index (κ3) is 3.30. The van der Waals surface area contributed by atoms with Crippen LogP contribution in [0.3, 0.4) is 0 Å². The molecule has 0 saturated heterocycles. The minimum atomic E-state index is -0.420. The summed E-state index contributed by atoms with van der Waals surface area (Å²) in [4.78, 5) is 12.2. The van der Waals surface area contributed by atoms with Crippen LogP contribution >= 0.6 is 0 Å². The summed E-state index contributed by atoms with van der Waals surface area (Å²) in [7, 11) is 0. The van der Waals surface area contributed by atoms with E-state index in [1.807, 2.05) is 0 Å². The molecule has 0 aromatic heterocycles. The van der Waals surface area contributed by atoms with Crippen LogP contribution in [0.4, 0.5) is 0 Å². The Morgan fingerprint density at radius 3 is 2.70 bits per heavy atom. The van der Waals surface area contributed by atoms with Crippen LogP contribution in [0.2, 0.25) is 0 Å². The fourth-order valence-corrected chi connectivity index (χ4v) is 2.84. The van der Waals surface area contributed by atoms with E-state index >= 15 is 0 Å². The van der Waals surface area contributed by atoms with Crippen LogP contribution in [0.25, 0.3) is 0 Å². The van der Waals surface area contributed by atoms with Crippen molar-refractivity contribution in [1.82, 2.24) is 5.32 Å². The largest absolute Gasteiger partial charge is 0.508 e. The zero-order valence-electron chi connectivity index (χ0n) is 11.7. The number of carbonyl (C=O) groups excluding carboxylic acids is 1. The van der Waals surface area contributed by atoms with Crippen molar-refractivity contribution in [2.75, 3.05) is 0 Å². The number of rotatable bonds is 3. The highest BCUT2D eigenvalue weighted by Gasteiger charge is 2.25.